The Morgan fingerprint density at radius 2 is 1.55 bits per heavy atom. The molecule has 2 atom stereocenters. The average Bonchev–Trinajstić information content (AvgIpc) is 2.86. The van der Waals surface area contributed by atoms with Gasteiger partial charge in [0.15, 0.2) is 6.61 Å². The number of carbonyl (C=O) groups excluding carboxylic acids is 4. The number of ether oxygens (including phenoxy) is 1. The Bertz CT molecular complexity index is 1240. The number of benzene rings is 2. The van der Waals surface area contributed by atoms with Gasteiger partial charge >= 0.3 is 5.92 Å². The Kier molecular flexibility index (Phi) is 12.4. The second-order valence-electron chi connectivity index (χ2n) is 8.99. The lowest BCUT2D eigenvalue weighted by Gasteiger charge is -2.27. The topological polar surface area (TPSA) is 114 Å². The maximum atomic E-state index is 14.6. The molecule has 3 amide bonds. The van der Waals surface area contributed by atoms with Crippen LogP contribution < -0.4 is 20.7 Å². The van der Waals surface area contributed by atoms with Crippen LogP contribution in [0.4, 0.5) is 8.78 Å². The van der Waals surface area contributed by atoms with Crippen molar-refractivity contribution in [1.29, 1.82) is 0 Å². The smallest absolute Gasteiger partial charge is 0.383 e. The summed E-state index contributed by atoms with van der Waals surface area (Å²) >= 11 is 23.9. The molecule has 0 saturated carbocycles. The summed E-state index contributed by atoms with van der Waals surface area (Å²) in [5.41, 5.74) is 0.470. The zero-order chi connectivity index (χ0) is 30.2. The molecule has 0 fully saturated rings. The standard InChI is InChI=1S/C26H27Cl4F2N3O5/c1-4-33-25(39)26(31,32)23(37)22(13(2)3)35-24(38)20(8-14-5-6-18(29)19(30)7-14)34-21(36)12-40-17-10-15(27)9-16(28)11-17/h5-7,9-11,13,20,22H,4,8,12H2,1-3H3,(H,33,39)(H,34,36)(H,35,38)/t20-,22-/m0/s1. The highest BCUT2D eigenvalue weighted by molar-refractivity contribution is 6.42. The molecule has 2 aromatic rings. The van der Waals surface area contributed by atoms with E-state index in [1.54, 1.807) is 6.07 Å². The lowest BCUT2D eigenvalue weighted by molar-refractivity contribution is -0.161. The van der Waals surface area contributed by atoms with Gasteiger partial charge < -0.3 is 20.7 Å². The van der Waals surface area contributed by atoms with E-state index in [-0.39, 0.29) is 38.8 Å². The first kappa shape index (κ1) is 33.5. The third-order valence-electron chi connectivity index (χ3n) is 5.46. The third kappa shape index (κ3) is 9.47. The number of nitrogens with one attached hydrogen (secondary N) is 3. The highest BCUT2D eigenvalue weighted by Gasteiger charge is 2.51. The molecule has 40 heavy (non-hydrogen) atoms. The molecule has 0 aromatic heterocycles. The number of Topliss-reactive ketones (excluding diaryl/α,β-unsaturated/α-hetero) is 1. The summed E-state index contributed by atoms with van der Waals surface area (Å²) in [4.78, 5) is 50.5. The van der Waals surface area contributed by atoms with Gasteiger partial charge in [-0.1, -0.05) is 66.3 Å². The van der Waals surface area contributed by atoms with Crippen LogP contribution in [0.25, 0.3) is 0 Å². The number of carbonyl (C=O) groups is 4. The van der Waals surface area contributed by atoms with E-state index >= 15 is 0 Å². The zero-order valence-electron chi connectivity index (χ0n) is 21.6. The molecule has 0 heterocycles. The van der Waals surface area contributed by atoms with E-state index in [9.17, 15) is 28.0 Å². The molecule has 0 aliphatic carbocycles. The predicted octanol–water partition coefficient (Wildman–Crippen LogP) is 4.89. The van der Waals surface area contributed by atoms with Gasteiger partial charge in [-0.15, -0.1) is 0 Å². The molecule has 0 spiro atoms. The van der Waals surface area contributed by atoms with Gasteiger partial charge in [-0.25, -0.2) is 0 Å². The van der Waals surface area contributed by atoms with Crippen LogP contribution in [-0.4, -0.2) is 54.7 Å². The Morgan fingerprint density at radius 1 is 0.925 bits per heavy atom. The Balaban J connectivity index is 2.27. The largest absolute Gasteiger partial charge is 0.484 e. The highest BCUT2D eigenvalue weighted by Crippen LogP contribution is 2.25. The van der Waals surface area contributed by atoms with Crippen molar-refractivity contribution in [2.24, 2.45) is 5.92 Å². The summed E-state index contributed by atoms with van der Waals surface area (Å²) in [6.07, 6.45) is -0.150. The minimum Gasteiger partial charge on any atom is -0.484 e. The number of ketones is 1. The van der Waals surface area contributed by atoms with Crippen molar-refractivity contribution >= 4 is 69.9 Å². The first-order valence-electron chi connectivity index (χ1n) is 12.0. The van der Waals surface area contributed by atoms with Gasteiger partial charge in [0.25, 0.3) is 11.8 Å². The van der Waals surface area contributed by atoms with Crippen LogP contribution in [0.3, 0.4) is 0 Å². The minimum atomic E-state index is -4.40. The van der Waals surface area contributed by atoms with Crippen LogP contribution in [0.5, 0.6) is 5.75 Å². The van der Waals surface area contributed by atoms with E-state index in [1.807, 2.05) is 5.32 Å². The molecule has 3 N–H and O–H groups in total. The van der Waals surface area contributed by atoms with Crippen molar-refractivity contribution in [3.63, 3.8) is 0 Å². The summed E-state index contributed by atoms with van der Waals surface area (Å²) in [6, 6.07) is 5.72. The molecule has 218 valence electrons. The zero-order valence-corrected chi connectivity index (χ0v) is 24.7. The molecule has 2 rings (SSSR count). The van der Waals surface area contributed by atoms with E-state index in [4.69, 9.17) is 51.1 Å². The molecule has 0 aliphatic rings. The number of amides is 3. The maximum absolute atomic E-state index is 14.6. The fraction of sp³-hybridized carbons (Fsp3) is 0.385. The van der Waals surface area contributed by atoms with Gasteiger partial charge in [-0.3, -0.25) is 19.2 Å². The van der Waals surface area contributed by atoms with Gasteiger partial charge in [0.1, 0.15) is 11.8 Å². The van der Waals surface area contributed by atoms with Crippen LogP contribution >= 0.6 is 46.4 Å². The van der Waals surface area contributed by atoms with E-state index < -0.39 is 54.0 Å². The van der Waals surface area contributed by atoms with Crippen LogP contribution in [0.1, 0.15) is 26.3 Å². The highest BCUT2D eigenvalue weighted by atomic mass is 35.5. The van der Waals surface area contributed by atoms with Gasteiger partial charge in [0, 0.05) is 23.0 Å². The number of hydrogen-bond acceptors (Lipinski definition) is 5. The first-order valence-corrected chi connectivity index (χ1v) is 13.5. The van der Waals surface area contributed by atoms with Gasteiger partial charge in [-0.05, 0) is 48.7 Å². The summed E-state index contributed by atoms with van der Waals surface area (Å²) in [6.45, 7) is 3.59. The van der Waals surface area contributed by atoms with Crippen molar-refractivity contribution in [2.45, 2.75) is 45.2 Å². The Labute approximate surface area is 250 Å². The minimum absolute atomic E-state index is 0.123. The van der Waals surface area contributed by atoms with Crippen LogP contribution in [-0.2, 0) is 25.6 Å². The molecule has 0 saturated heterocycles. The summed E-state index contributed by atoms with van der Waals surface area (Å²) < 4.78 is 34.5. The van der Waals surface area contributed by atoms with Crippen LogP contribution in [0.15, 0.2) is 36.4 Å². The van der Waals surface area contributed by atoms with Crippen molar-refractivity contribution in [1.82, 2.24) is 16.0 Å². The van der Waals surface area contributed by atoms with Gasteiger partial charge in [-0.2, -0.15) is 8.78 Å². The van der Waals surface area contributed by atoms with E-state index in [0.717, 1.165) is 0 Å². The van der Waals surface area contributed by atoms with Crippen molar-refractivity contribution < 1.29 is 32.7 Å². The number of halogens is 6. The lowest BCUT2D eigenvalue weighted by atomic mass is 9.94. The molecule has 14 heteroatoms. The summed E-state index contributed by atoms with van der Waals surface area (Å²) in [5, 5.41) is 7.61. The molecule has 2 aromatic carbocycles. The second kappa shape index (κ2) is 14.8. The number of alkyl halides is 2. The van der Waals surface area contributed by atoms with Crippen LogP contribution in [0.2, 0.25) is 20.1 Å². The first-order chi connectivity index (χ1) is 18.6. The lowest BCUT2D eigenvalue weighted by Crippen LogP contribution is -2.59. The molecular formula is C26H27Cl4F2N3O5. The molecule has 0 unspecified atom stereocenters. The fourth-order valence-electron chi connectivity index (χ4n) is 3.48. The van der Waals surface area contributed by atoms with Crippen molar-refractivity contribution in [3.8, 4) is 5.75 Å². The predicted molar refractivity (Wildman–Crippen MR) is 149 cm³/mol. The second-order valence-corrected chi connectivity index (χ2v) is 10.7. The SMILES string of the molecule is CCNC(=O)C(F)(F)C(=O)[C@@H](NC(=O)[C@H](Cc1ccc(Cl)c(Cl)c1)NC(=O)COc1cc(Cl)cc(Cl)c1)C(C)C. The summed E-state index contributed by atoms with van der Waals surface area (Å²) in [7, 11) is 0. The Morgan fingerprint density at radius 3 is 2.10 bits per heavy atom. The molecule has 8 nitrogen and oxygen atoms in total. The van der Waals surface area contributed by atoms with Gasteiger partial charge in [0.2, 0.25) is 11.7 Å². The monoisotopic (exact) mass is 639 g/mol. The number of hydrogen-bond donors (Lipinski definition) is 3. The van der Waals surface area contributed by atoms with Crippen LogP contribution in [0, 0.1) is 5.92 Å². The maximum Gasteiger partial charge on any atom is 0.383 e. The number of rotatable bonds is 13. The molecule has 0 aliphatic heterocycles. The average molecular weight is 641 g/mol. The van der Waals surface area contributed by atoms with Crippen molar-refractivity contribution in [2.75, 3.05) is 13.2 Å². The molecular weight excluding hydrogens is 614 g/mol. The fourth-order valence-corrected chi connectivity index (χ4v) is 4.30. The normalized spacial score (nSPS) is 12.8. The summed E-state index contributed by atoms with van der Waals surface area (Å²) in [5.74, 6) is -10.3. The Hall–Kier alpha value is -2.66. The molecule has 0 bridgehead atoms. The molecule has 0 radical (unpaired) electrons. The quantitative estimate of drug-likeness (QED) is 0.270. The van der Waals surface area contributed by atoms with E-state index in [1.165, 1.54) is 51.1 Å². The van der Waals surface area contributed by atoms with E-state index in [2.05, 4.69) is 10.6 Å². The van der Waals surface area contributed by atoms with E-state index in [0.29, 0.717) is 5.56 Å². The van der Waals surface area contributed by atoms with Gasteiger partial charge in [0.05, 0.1) is 16.1 Å². The van der Waals surface area contributed by atoms with Crippen molar-refractivity contribution in [3.05, 3.63) is 62.1 Å². The third-order valence-corrected chi connectivity index (χ3v) is 6.64.